The normalized spacial score (nSPS) is 21.9. The number of oxazole rings is 1. The molecule has 1 fully saturated rings. The summed E-state index contributed by atoms with van der Waals surface area (Å²) >= 11 is 10.1. The Kier molecular flexibility index (Phi) is 4.61. The molecule has 0 spiro atoms. The highest BCUT2D eigenvalue weighted by Gasteiger charge is 2.42. The van der Waals surface area contributed by atoms with Crippen LogP contribution < -0.4 is 5.32 Å². The molecule has 1 aliphatic rings. The maximum absolute atomic E-state index is 8.36. The van der Waals surface area contributed by atoms with Crippen molar-refractivity contribution >= 4 is 40.5 Å². The van der Waals surface area contributed by atoms with Gasteiger partial charge in [0.05, 0.1) is 21.5 Å². The maximum Gasteiger partial charge on any atom is 0.181 e. The molecule has 0 amide bonds. The molecule has 0 saturated carbocycles. The van der Waals surface area contributed by atoms with Gasteiger partial charge in [-0.05, 0) is 38.5 Å². The van der Waals surface area contributed by atoms with Gasteiger partial charge in [0.2, 0.25) is 0 Å². The number of thioether (sulfide) groups is 1. The summed E-state index contributed by atoms with van der Waals surface area (Å²) in [4.78, 5) is 6.16. The van der Waals surface area contributed by atoms with Gasteiger partial charge >= 0.3 is 0 Å². The molecule has 0 radical (unpaired) electrons. The van der Waals surface area contributed by atoms with Crippen molar-refractivity contribution in [2.45, 2.75) is 31.1 Å². The van der Waals surface area contributed by atoms with Crippen LogP contribution in [-0.4, -0.2) is 21.3 Å². The van der Waals surface area contributed by atoms with E-state index in [0.717, 1.165) is 37.4 Å². The van der Waals surface area contributed by atoms with Gasteiger partial charge in [0, 0.05) is 21.1 Å². The van der Waals surface area contributed by atoms with Gasteiger partial charge in [0.25, 0.3) is 0 Å². The number of benzene rings is 1. The van der Waals surface area contributed by atoms with Crippen molar-refractivity contribution in [1.82, 2.24) is 10.3 Å². The summed E-state index contributed by atoms with van der Waals surface area (Å²) in [5, 5.41) is 12.5. The Morgan fingerprint density at radius 3 is 2.70 bits per heavy atom. The Bertz CT molecular complexity index is 997. The minimum atomic E-state index is -0.347. The topological polar surface area (TPSA) is 61.9 Å². The van der Waals surface area contributed by atoms with Gasteiger partial charge in [0.15, 0.2) is 12.2 Å². The van der Waals surface area contributed by atoms with Crippen LogP contribution in [-0.2, 0) is 5.54 Å². The monoisotopic (exact) mass is 417 g/mol. The predicted octanol–water partition coefficient (Wildman–Crippen LogP) is 6.03. The van der Waals surface area contributed by atoms with Crippen molar-refractivity contribution in [3.63, 3.8) is 0 Å². The van der Waals surface area contributed by atoms with E-state index in [9.17, 15) is 0 Å². The lowest BCUT2D eigenvalue weighted by molar-refractivity contribution is 0.483. The predicted molar refractivity (Wildman–Crippen MR) is 115 cm³/mol. The maximum atomic E-state index is 8.36. The van der Waals surface area contributed by atoms with E-state index in [1.807, 2.05) is 18.2 Å². The van der Waals surface area contributed by atoms with Gasteiger partial charge in [-0.3, -0.25) is 5.41 Å². The molecule has 0 unspecified atom stereocenters. The Balaban J connectivity index is 1.68. The number of nitrogens with zero attached hydrogens (tertiary/aromatic N) is 1. The molecule has 3 aromatic rings. The molecule has 27 heavy (non-hydrogen) atoms. The van der Waals surface area contributed by atoms with E-state index in [4.69, 9.17) is 21.4 Å². The molecule has 1 saturated heterocycles. The largest absolute Gasteiger partial charge is 0.444 e. The molecule has 1 atom stereocenters. The van der Waals surface area contributed by atoms with E-state index < -0.39 is 0 Å². The average molecular weight is 418 g/mol. The van der Waals surface area contributed by atoms with Gasteiger partial charge in [0.1, 0.15) is 5.84 Å². The Morgan fingerprint density at radius 1 is 1.22 bits per heavy atom. The number of rotatable bonds is 3. The van der Waals surface area contributed by atoms with E-state index in [-0.39, 0.29) is 10.3 Å². The minimum Gasteiger partial charge on any atom is -0.444 e. The molecule has 4 rings (SSSR count). The summed E-state index contributed by atoms with van der Waals surface area (Å²) in [6.45, 7) is 6.27. The zero-order valence-electron chi connectivity index (χ0n) is 15.3. The summed E-state index contributed by atoms with van der Waals surface area (Å²) in [6, 6.07) is 10.2. The third-order valence-corrected chi connectivity index (χ3v) is 8.28. The lowest BCUT2D eigenvalue weighted by Crippen LogP contribution is -2.56. The fourth-order valence-corrected chi connectivity index (χ4v) is 5.85. The lowest BCUT2D eigenvalue weighted by atomic mass is 10.00. The van der Waals surface area contributed by atoms with Crippen LogP contribution in [0.2, 0.25) is 5.02 Å². The lowest BCUT2D eigenvalue weighted by Gasteiger charge is -2.42. The molecule has 3 heterocycles. The first-order valence-electron chi connectivity index (χ1n) is 8.59. The molecule has 2 aromatic heterocycles. The number of amidine groups is 1. The van der Waals surface area contributed by atoms with E-state index >= 15 is 0 Å². The van der Waals surface area contributed by atoms with Crippen molar-refractivity contribution in [2.24, 2.45) is 0 Å². The quantitative estimate of drug-likeness (QED) is 0.546. The second kappa shape index (κ2) is 6.69. The first-order chi connectivity index (χ1) is 12.8. The number of aromatic nitrogens is 1. The van der Waals surface area contributed by atoms with Crippen LogP contribution in [0.3, 0.4) is 0 Å². The first kappa shape index (κ1) is 18.6. The van der Waals surface area contributed by atoms with Gasteiger partial charge in [-0.25, -0.2) is 4.98 Å². The van der Waals surface area contributed by atoms with Crippen molar-refractivity contribution < 1.29 is 4.42 Å². The van der Waals surface area contributed by atoms with Crippen molar-refractivity contribution in [3.05, 3.63) is 52.8 Å². The standard InChI is InChI=1S/C20H20ClN3OS2/c1-19(2)18(22)24-20(3,10-26-19)17-14(21)8-16(27-17)13-6-4-5-12(7-13)15-9-23-11-25-15/h4-9,11H,10H2,1-3H3,(H2,22,24)/t20-/m0/s1. The Hall–Kier alpha value is -1.76. The second-order valence-electron chi connectivity index (χ2n) is 7.37. The van der Waals surface area contributed by atoms with Crippen molar-refractivity contribution in [2.75, 3.05) is 5.75 Å². The second-order valence-corrected chi connectivity index (χ2v) is 10.4. The average Bonchev–Trinajstić information content (AvgIpc) is 3.29. The number of halogens is 1. The number of thiophene rings is 1. The smallest absolute Gasteiger partial charge is 0.181 e. The fraction of sp³-hybridized carbons (Fsp3) is 0.300. The van der Waals surface area contributed by atoms with Gasteiger partial charge in [-0.1, -0.05) is 29.8 Å². The van der Waals surface area contributed by atoms with Crippen LogP contribution in [0.15, 0.2) is 47.3 Å². The van der Waals surface area contributed by atoms with Gasteiger partial charge in [-0.15, -0.1) is 23.1 Å². The fourth-order valence-electron chi connectivity index (χ4n) is 3.05. The van der Waals surface area contributed by atoms with E-state index in [1.165, 1.54) is 6.39 Å². The van der Waals surface area contributed by atoms with E-state index in [1.54, 1.807) is 29.3 Å². The summed E-state index contributed by atoms with van der Waals surface area (Å²) in [5.74, 6) is 2.15. The molecule has 0 aliphatic carbocycles. The number of hydrogen-bond donors (Lipinski definition) is 2. The first-order valence-corrected chi connectivity index (χ1v) is 10.8. The summed E-state index contributed by atoms with van der Waals surface area (Å²) in [5.41, 5.74) is 1.72. The Morgan fingerprint density at radius 2 is 2.00 bits per heavy atom. The highest BCUT2D eigenvalue weighted by Crippen LogP contribution is 2.45. The summed E-state index contributed by atoms with van der Waals surface area (Å²) in [6.07, 6.45) is 3.15. The van der Waals surface area contributed by atoms with Crippen LogP contribution in [0.5, 0.6) is 0 Å². The third-order valence-electron chi connectivity index (χ3n) is 4.78. The molecule has 7 heteroatoms. The van der Waals surface area contributed by atoms with E-state index in [0.29, 0.717) is 5.84 Å². The molecule has 140 valence electrons. The summed E-state index contributed by atoms with van der Waals surface area (Å²) < 4.78 is 5.21. The van der Waals surface area contributed by atoms with Crippen LogP contribution >= 0.6 is 34.7 Å². The number of hydrogen-bond acceptors (Lipinski definition) is 5. The minimum absolute atomic E-state index is 0.197. The molecular weight excluding hydrogens is 398 g/mol. The Labute approximate surface area is 171 Å². The molecular formula is C20H20ClN3OS2. The zero-order valence-corrected chi connectivity index (χ0v) is 17.7. The molecule has 4 nitrogen and oxygen atoms in total. The third kappa shape index (κ3) is 3.42. The molecule has 0 bridgehead atoms. The van der Waals surface area contributed by atoms with E-state index in [2.05, 4.69) is 43.2 Å². The summed E-state index contributed by atoms with van der Waals surface area (Å²) in [7, 11) is 0. The van der Waals surface area contributed by atoms with Crippen LogP contribution in [0.25, 0.3) is 21.8 Å². The number of nitrogens with one attached hydrogen (secondary N) is 2. The van der Waals surface area contributed by atoms with Crippen molar-refractivity contribution in [3.8, 4) is 21.8 Å². The highest BCUT2D eigenvalue weighted by molar-refractivity contribution is 8.01. The van der Waals surface area contributed by atoms with Gasteiger partial charge in [-0.2, -0.15) is 0 Å². The van der Waals surface area contributed by atoms with Crippen LogP contribution in [0, 0.1) is 5.41 Å². The van der Waals surface area contributed by atoms with Gasteiger partial charge < -0.3 is 9.73 Å². The SMILES string of the molecule is CC1(C)SC[C@@](C)(c2sc(-c3cccc(-c4cnco4)c3)cc2Cl)NC1=N. The van der Waals surface area contributed by atoms with Crippen LogP contribution in [0.4, 0.5) is 0 Å². The molecule has 1 aromatic carbocycles. The van der Waals surface area contributed by atoms with Crippen molar-refractivity contribution in [1.29, 1.82) is 5.41 Å². The molecule has 2 N–H and O–H groups in total. The highest BCUT2D eigenvalue weighted by atomic mass is 35.5. The molecule has 1 aliphatic heterocycles. The zero-order chi connectivity index (χ0) is 19.2. The van der Waals surface area contributed by atoms with Crippen LogP contribution in [0.1, 0.15) is 25.6 Å².